The zero-order chi connectivity index (χ0) is 20.9. The number of pyridine rings is 1. The van der Waals surface area contributed by atoms with Gasteiger partial charge >= 0.3 is 0 Å². The van der Waals surface area contributed by atoms with Crippen LogP contribution >= 0.6 is 23.1 Å². The Balaban J connectivity index is 1.31. The highest BCUT2D eigenvalue weighted by atomic mass is 32.2. The first-order valence-corrected chi connectivity index (χ1v) is 11.6. The van der Waals surface area contributed by atoms with E-state index in [1.54, 1.807) is 18.3 Å². The van der Waals surface area contributed by atoms with Gasteiger partial charge in [-0.15, -0.1) is 0 Å². The van der Waals surface area contributed by atoms with Crippen LogP contribution in [0.25, 0.3) is 10.2 Å². The van der Waals surface area contributed by atoms with Gasteiger partial charge in [0.15, 0.2) is 5.13 Å². The molecule has 1 fully saturated rings. The summed E-state index contributed by atoms with van der Waals surface area (Å²) in [6, 6.07) is 9.24. The highest BCUT2D eigenvalue weighted by Gasteiger charge is 2.19. The minimum Gasteiger partial charge on any atom is -0.494 e. The number of hydrogen-bond acceptors (Lipinski definition) is 7. The van der Waals surface area contributed by atoms with Crippen LogP contribution in [0, 0.1) is 0 Å². The summed E-state index contributed by atoms with van der Waals surface area (Å²) >= 11 is 2.74. The van der Waals surface area contributed by atoms with Gasteiger partial charge in [-0.2, -0.15) is 0 Å². The lowest BCUT2D eigenvalue weighted by Gasteiger charge is -2.14. The molecule has 2 aromatic heterocycles. The molecule has 0 spiro atoms. The maximum Gasteiger partial charge on any atom is 0.255 e. The van der Waals surface area contributed by atoms with Crippen molar-refractivity contribution in [1.29, 1.82) is 0 Å². The Kier molecular flexibility index (Phi) is 6.49. The molecule has 4 rings (SSSR count). The Morgan fingerprint density at radius 1 is 1.23 bits per heavy atom. The van der Waals surface area contributed by atoms with Crippen LogP contribution in [0.1, 0.15) is 30.1 Å². The summed E-state index contributed by atoms with van der Waals surface area (Å²) in [7, 11) is 0. The molecule has 1 N–H and O–H groups in total. The molecule has 9 heteroatoms. The normalized spacial score (nSPS) is 13.6. The third kappa shape index (κ3) is 4.91. The number of benzene rings is 1. The van der Waals surface area contributed by atoms with E-state index in [0.29, 0.717) is 22.3 Å². The summed E-state index contributed by atoms with van der Waals surface area (Å²) in [4.78, 5) is 35.3. The first-order valence-electron chi connectivity index (χ1n) is 9.84. The smallest absolute Gasteiger partial charge is 0.255 e. The predicted octanol–water partition coefficient (Wildman–Crippen LogP) is 4.06. The Morgan fingerprint density at radius 2 is 2.07 bits per heavy atom. The molecule has 1 aliphatic heterocycles. The predicted molar refractivity (Wildman–Crippen MR) is 120 cm³/mol. The molecule has 156 valence electrons. The van der Waals surface area contributed by atoms with Gasteiger partial charge in [0.1, 0.15) is 5.75 Å². The van der Waals surface area contributed by atoms with E-state index < -0.39 is 0 Å². The minimum atomic E-state index is -0.150. The van der Waals surface area contributed by atoms with E-state index in [4.69, 9.17) is 4.74 Å². The fourth-order valence-corrected chi connectivity index (χ4v) is 4.76. The van der Waals surface area contributed by atoms with Gasteiger partial charge in [-0.1, -0.05) is 23.1 Å². The Labute approximate surface area is 182 Å². The summed E-state index contributed by atoms with van der Waals surface area (Å²) < 4.78 is 6.46. The fraction of sp³-hybridized carbons (Fsp3) is 0.333. The number of carbonyl (C=O) groups is 2. The first kappa shape index (κ1) is 20.6. The number of carbonyl (C=O) groups excluding carboxylic acids is 2. The lowest BCUT2D eigenvalue weighted by Crippen LogP contribution is -2.27. The molecule has 0 unspecified atom stereocenters. The summed E-state index contributed by atoms with van der Waals surface area (Å²) in [5.41, 5.74) is 1.41. The minimum absolute atomic E-state index is 0.0256. The largest absolute Gasteiger partial charge is 0.494 e. The van der Waals surface area contributed by atoms with E-state index in [0.717, 1.165) is 41.9 Å². The molecule has 0 aliphatic carbocycles. The third-order valence-corrected chi connectivity index (χ3v) is 6.52. The fourth-order valence-electron chi connectivity index (χ4n) is 3.20. The van der Waals surface area contributed by atoms with Crippen molar-refractivity contribution >= 4 is 50.3 Å². The number of anilines is 1. The monoisotopic (exact) mass is 442 g/mol. The van der Waals surface area contributed by atoms with Crippen molar-refractivity contribution in [2.24, 2.45) is 0 Å². The van der Waals surface area contributed by atoms with Gasteiger partial charge < -0.3 is 15.0 Å². The number of amides is 2. The highest BCUT2D eigenvalue weighted by molar-refractivity contribution is 7.99. The molecule has 7 nitrogen and oxygen atoms in total. The van der Waals surface area contributed by atoms with E-state index in [2.05, 4.69) is 15.3 Å². The third-order valence-electron chi connectivity index (χ3n) is 4.64. The summed E-state index contributed by atoms with van der Waals surface area (Å²) in [5.74, 6) is 0.882. The maximum absolute atomic E-state index is 12.4. The Bertz CT molecular complexity index is 1050. The standard InChI is InChI=1S/C21H22N4O3S2/c1-2-28-15-6-7-16-17(11-15)30-21(23-16)24-18(26)13-29-19-8-5-14(12-22-19)20(27)25-9-3-4-10-25/h5-8,11-12H,2-4,9-10,13H2,1H3,(H,23,24,26). The van der Waals surface area contributed by atoms with Gasteiger partial charge in [-0.3, -0.25) is 9.59 Å². The van der Waals surface area contributed by atoms with Crippen LogP contribution in [-0.2, 0) is 4.79 Å². The van der Waals surface area contributed by atoms with E-state index in [1.807, 2.05) is 30.0 Å². The zero-order valence-electron chi connectivity index (χ0n) is 16.6. The molecule has 0 saturated carbocycles. The summed E-state index contributed by atoms with van der Waals surface area (Å²) in [6.07, 6.45) is 3.71. The summed E-state index contributed by atoms with van der Waals surface area (Å²) in [5, 5.41) is 4.10. The van der Waals surface area contributed by atoms with Gasteiger partial charge in [0.2, 0.25) is 5.91 Å². The van der Waals surface area contributed by atoms with Crippen LogP contribution in [0.5, 0.6) is 5.75 Å². The van der Waals surface area contributed by atoms with Crippen molar-refractivity contribution in [3.05, 3.63) is 42.1 Å². The van der Waals surface area contributed by atoms with Crippen LogP contribution in [-0.4, -0.2) is 52.1 Å². The van der Waals surface area contributed by atoms with Crippen LogP contribution < -0.4 is 10.1 Å². The van der Waals surface area contributed by atoms with Crippen molar-refractivity contribution in [2.45, 2.75) is 24.8 Å². The SMILES string of the molecule is CCOc1ccc2nc(NC(=O)CSc3ccc(C(=O)N4CCCC4)cn3)sc2c1. The molecule has 0 bridgehead atoms. The number of nitrogens with one attached hydrogen (secondary N) is 1. The molecule has 1 aromatic carbocycles. The van der Waals surface area contributed by atoms with E-state index >= 15 is 0 Å². The van der Waals surface area contributed by atoms with Gasteiger partial charge in [0.25, 0.3) is 5.91 Å². The van der Waals surface area contributed by atoms with Crippen LogP contribution in [0.2, 0.25) is 0 Å². The molecule has 30 heavy (non-hydrogen) atoms. The molecule has 3 heterocycles. The lowest BCUT2D eigenvalue weighted by molar-refractivity contribution is -0.113. The second-order valence-electron chi connectivity index (χ2n) is 6.80. The second-order valence-corrected chi connectivity index (χ2v) is 8.83. The topological polar surface area (TPSA) is 84.4 Å². The number of fused-ring (bicyclic) bond motifs is 1. The first-order chi connectivity index (χ1) is 14.6. The molecule has 1 saturated heterocycles. The van der Waals surface area contributed by atoms with Crippen LogP contribution in [0.4, 0.5) is 5.13 Å². The number of aromatic nitrogens is 2. The molecule has 2 amide bonds. The number of hydrogen-bond donors (Lipinski definition) is 1. The highest BCUT2D eigenvalue weighted by Crippen LogP contribution is 2.29. The Hall–Kier alpha value is -2.65. The Morgan fingerprint density at radius 3 is 2.80 bits per heavy atom. The molecule has 3 aromatic rings. The molecule has 0 radical (unpaired) electrons. The van der Waals surface area contributed by atoms with Crippen molar-refractivity contribution < 1.29 is 14.3 Å². The van der Waals surface area contributed by atoms with E-state index in [-0.39, 0.29) is 17.6 Å². The summed E-state index contributed by atoms with van der Waals surface area (Å²) in [6.45, 7) is 4.17. The number of rotatable bonds is 7. The van der Waals surface area contributed by atoms with E-state index in [9.17, 15) is 9.59 Å². The van der Waals surface area contributed by atoms with Crippen molar-refractivity contribution in [3.8, 4) is 5.75 Å². The number of likely N-dealkylation sites (tertiary alicyclic amines) is 1. The van der Waals surface area contributed by atoms with E-state index in [1.165, 1.54) is 23.1 Å². The number of nitrogens with zero attached hydrogens (tertiary/aromatic N) is 3. The van der Waals surface area contributed by atoms with Gasteiger partial charge in [0, 0.05) is 19.3 Å². The van der Waals surface area contributed by atoms with Crippen molar-refractivity contribution in [2.75, 3.05) is 30.8 Å². The average molecular weight is 443 g/mol. The van der Waals surface area contributed by atoms with Gasteiger partial charge in [-0.25, -0.2) is 9.97 Å². The van der Waals surface area contributed by atoms with Crippen molar-refractivity contribution in [1.82, 2.24) is 14.9 Å². The number of ether oxygens (including phenoxy) is 1. The molecular weight excluding hydrogens is 420 g/mol. The molecule has 0 atom stereocenters. The van der Waals surface area contributed by atoms with Gasteiger partial charge in [0.05, 0.1) is 33.2 Å². The van der Waals surface area contributed by atoms with Crippen molar-refractivity contribution in [3.63, 3.8) is 0 Å². The lowest BCUT2D eigenvalue weighted by atomic mass is 10.2. The number of thioether (sulfide) groups is 1. The maximum atomic E-state index is 12.4. The quantitative estimate of drug-likeness (QED) is 0.556. The van der Waals surface area contributed by atoms with Gasteiger partial charge in [-0.05, 0) is 50.1 Å². The average Bonchev–Trinajstić information content (AvgIpc) is 3.42. The molecular formula is C21H22N4O3S2. The number of thiazole rings is 1. The molecule has 1 aliphatic rings. The van der Waals surface area contributed by atoms with Crippen LogP contribution in [0.15, 0.2) is 41.6 Å². The zero-order valence-corrected chi connectivity index (χ0v) is 18.2. The second kappa shape index (κ2) is 9.44. The van der Waals surface area contributed by atoms with Crippen LogP contribution in [0.3, 0.4) is 0 Å².